The third-order valence-electron chi connectivity index (χ3n) is 6.93. The van der Waals surface area contributed by atoms with Crippen LogP contribution in [0.5, 0.6) is 0 Å². The molecule has 0 saturated carbocycles. The van der Waals surface area contributed by atoms with Crippen molar-refractivity contribution >= 4 is 12.1 Å². The van der Waals surface area contributed by atoms with Crippen LogP contribution in [0.15, 0.2) is 89.5 Å². The molecule has 212 valence electrons. The maximum atomic E-state index is 13.6. The minimum absolute atomic E-state index is 0.0169. The number of carboxylic acids is 1. The molecule has 2 heterocycles. The molecule has 11 heteroatoms. The number of halogens is 3. The Morgan fingerprint density at radius 3 is 2.34 bits per heavy atom. The van der Waals surface area contributed by atoms with Gasteiger partial charge in [0.25, 0.3) is 0 Å². The normalized spacial score (nSPS) is 18.5. The number of nitrogens with zero attached hydrogens (tertiary/aromatic N) is 2. The van der Waals surface area contributed by atoms with Gasteiger partial charge in [0.15, 0.2) is 0 Å². The number of carboxylic acid groups (broad SMARTS) is 1. The van der Waals surface area contributed by atoms with Gasteiger partial charge in [0.05, 0.1) is 11.3 Å². The quantitative estimate of drug-likeness (QED) is 0.253. The lowest BCUT2D eigenvalue weighted by molar-refractivity contribution is -1.07. The smallest absolute Gasteiger partial charge is 0.477 e. The van der Waals surface area contributed by atoms with E-state index in [4.69, 9.17) is 14.0 Å². The minimum atomic E-state index is -4.50. The molecule has 1 aromatic heterocycles. The van der Waals surface area contributed by atoms with Crippen molar-refractivity contribution in [1.29, 1.82) is 0 Å². The largest absolute Gasteiger partial charge is 0.551 e. The fourth-order valence-electron chi connectivity index (χ4n) is 4.77. The first-order valence-corrected chi connectivity index (χ1v) is 12.8. The Labute approximate surface area is 233 Å². The highest BCUT2D eigenvalue weighted by molar-refractivity contribution is 5.76. The van der Waals surface area contributed by atoms with Gasteiger partial charge in [0, 0.05) is 24.0 Å². The molecule has 2 unspecified atom stereocenters. The van der Waals surface area contributed by atoms with Crippen LogP contribution < -0.4 is 0 Å². The van der Waals surface area contributed by atoms with Crippen molar-refractivity contribution in [1.82, 2.24) is 4.98 Å². The van der Waals surface area contributed by atoms with Crippen LogP contribution in [-0.2, 0) is 46.5 Å². The van der Waals surface area contributed by atoms with Crippen LogP contribution >= 0.6 is 0 Å². The van der Waals surface area contributed by atoms with Crippen LogP contribution in [0.2, 0.25) is 0 Å². The monoisotopic (exact) mass is 567 g/mol. The van der Waals surface area contributed by atoms with Crippen LogP contribution in [0, 0.1) is 0 Å². The van der Waals surface area contributed by atoms with E-state index in [1.54, 1.807) is 24.3 Å². The highest BCUT2D eigenvalue weighted by Crippen LogP contribution is 2.34. The number of quaternary nitrogens is 1. The van der Waals surface area contributed by atoms with Crippen molar-refractivity contribution in [2.75, 3.05) is 6.61 Å². The number of hydrogen-bond donors (Lipinski definition) is 1. The number of alkyl halides is 3. The van der Waals surface area contributed by atoms with E-state index >= 15 is 0 Å². The average Bonchev–Trinajstić information content (AvgIpc) is 3.44. The molecule has 1 aliphatic heterocycles. The molecule has 5 rings (SSSR count). The zero-order chi connectivity index (χ0) is 29.0. The number of fused-ring (bicyclic) bond motifs is 1. The summed E-state index contributed by atoms with van der Waals surface area (Å²) in [6.45, 7) is -0.548. The number of oxazole rings is 1. The van der Waals surface area contributed by atoms with E-state index in [2.05, 4.69) is 4.98 Å². The highest BCUT2D eigenvalue weighted by atomic mass is 19.4. The van der Waals surface area contributed by atoms with Gasteiger partial charge >= 0.3 is 18.2 Å². The third kappa shape index (κ3) is 6.16. The molecule has 8 nitrogen and oxygen atoms in total. The van der Waals surface area contributed by atoms with Crippen LogP contribution in [0.3, 0.4) is 0 Å². The van der Waals surface area contributed by atoms with E-state index in [0.717, 1.165) is 28.8 Å². The minimum Gasteiger partial charge on any atom is -0.477 e. The van der Waals surface area contributed by atoms with Crippen molar-refractivity contribution in [2.24, 2.45) is 0 Å². The van der Waals surface area contributed by atoms with Gasteiger partial charge in [-0.1, -0.05) is 59.2 Å². The van der Waals surface area contributed by atoms with Gasteiger partial charge in [-0.05, 0) is 35.4 Å². The zero-order valence-corrected chi connectivity index (χ0v) is 21.7. The van der Waals surface area contributed by atoms with E-state index < -0.39 is 34.5 Å². The Balaban J connectivity index is 1.36. The van der Waals surface area contributed by atoms with Crippen LogP contribution in [0.4, 0.5) is 18.0 Å². The number of hydrogen-bond acceptors (Lipinski definition) is 6. The fraction of sp³-hybridized carbons (Fsp3) is 0.233. The number of aliphatic carboxylic acids is 1. The Hall–Kier alpha value is -4.48. The second-order valence-corrected chi connectivity index (χ2v) is 9.62. The number of carbonyl (C=O) groups excluding carboxylic acids is 1. The number of carbonyl (C=O) groups is 2. The predicted octanol–water partition coefficient (Wildman–Crippen LogP) is 6.20. The summed E-state index contributed by atoms with van der Waals surface area (Å²) in [7, 11) is 0. The molecule has 0 fully saturated rings. The summed E-state index contributed by atoms with van der Waals surface area (Å²) in [6.07, 6.45) is -3.75. The van der Waals surface area contributed by atoms with Gasteiger partial charge in [0.2, 0.25) is 11.9 Å². The number of rotatable bonds is 8. The first-order chi connectivity index (χ1) is 19.7. The fourth-order valence-corrected chi connectivity index (χ4v) is 4.77. The number of benzene rings is 3. The molecular formula is C30H26F3N2O6+. The lowest BCUT2D eigenvalue weighted by atomic mass is 9.94. The molecule has 41 heavy (non-hydrogen) atoms. The Morgan fingerprint density at radius 2 is 1.66 bits per heavy atom. The Bertz CT molecular complexity index is 1520. The summed E-state index contributed by atoms with van der Waals surface area (Å²) >= 11 is 0. The van der Waals surface area contributed by atoms with Crippen molar-refractivity contribution in [3.05, 3.63) is 113 Å². The first-order valence-electron chi connectivity index (χ1n) is 12.8. The molecule has 0 bridgehead atoms. The van der Waals surface area contributed by atoms with E-state index in [9.17, 15) is 27.9 Å². The second-order valence-electron chi connectivity index (χ2n) is 9.62. The first kappa shape index (κ1) is 28.1. The van der Waals surface area contributed by atoms with Crippen LogP contribution in [0.25, 0.3) is 11.5 Å². The molecule has 4 aromatic rings. The predicted molar refractivity (Wildman–Crippen MR) is 139 cm³/mol. The number of ether oxygens (including phenoxy) is 1. The summed E-state index contributed by atoms with van der Waals surface area (Å²) < 4.78 is 48.8. The number of hydroxylamine groups is 3. The maximum absolute atomic E-state index is 13.6. The molecule has 1 N–H and O–H groups in total. The van der Waals surface area contributed by atoms with Crippen molar-refractivity contribution in [3.63, 3.8) is 0 Å². The molecule has 3 aromatic carbocycles. The summed E-state index contributed by atoms with van der Waals surface area (Å²) in [5, 5.41) is 10.1. The average molecular weight is 568 g/mol. The third-order valence-corrected chi connectivity index (χ3v) is 6.93. The standard InChI is InChI=1S/C30H25F3N2O6/c31-30(32,33)24-12-10-20(11-13-24)18-40-29(38)35(17-23-9-5-4-8-22(23)16-26(35)28(36)37)41-15-14-25-19-39-27(34-25)21-6-2-1-3-7-21/h1-13,19,26H,14-18H2/p+1. The molecule has 0 aliphatic carbocycles. The van der Waals surface area contributed by atoms with E-state index in [-0.39, 0.29) is 32.6 Å². The van der Waals surface area contributed by atoms with Gasteiger partial charge in [-0.3, -0.25) is 0 Å². The topological polar surface area (TPSA) is 98.9 Å². The van der Waals surface area contributed by atoms with Gasteiger partial charge in [0.1, 0.15) is 26.0 Å². The van der Waals surface area contributed by atoms with E-state index in [1.807, 2.05) is 30.3 Å². The summed E-state index contributed by atoms with van der Waals surface area (Å²) in [5.74, 6) is -0.838. The highest BCUT2D eigenvalue weighted by Gasteiger charge is 2.56. The molecular weight excluding hydrogens is 541 g/mol. The Kier molecular flexibility index (Phi) is 7.91. The van der Waals surface area contributed by atoms with Gasteiger partial charge in [-0.2, -0.15) is 22.8 Å². The summed E-state index contributed by atoms with van der Waals surface area (Å²) in [6, 6.07) is 19.3. The number of amides is 1. The molecule has 0 saturated heterocycles. The van der Waals surface area contributed by atoms with E-state index in [0.29, 0.717) is 17.1 Å². The van der Waals surface area contributed by atoms with Gasteiger partial charge in [-0.15, -0.1) is 0 Å². The van der Waals surface area contributed by atoms with Crippen LogP contribution in [-0.4, -0.2) is 39.4 Å². The lowest BCUT2D eigenvalue weighted by Crippen LogP contribution is -2.64. The van der Waals surface area contributed by atoms with Crippen molar-refractivity contribution < 1.29 is 46.5 Å². The SMILES string of the molecule is O=C(O)C1Cc2ccccc2C[N+]1(OCCc1coc(-c2ccccc2)n1)C(=O)OCc1ccc(C(F)(F)F)cc1. The molecule has 0 radical (unpaired) electrons. The van der Waals surface area contributed by atoms with Crippen molar-refractivity contribution in [2.45, 2.75) is 38.2 Å². The zero-order valence-electron chi connectivity index (χ0n) is 21.7. The Morgan fingerprint density at radius 1 is 0.976 bits per heavy atom. The molecule has 0 spiro atoms. The van der Waals surface area contributed by atoms with E-state index in [1.165, 1.54) is 18.4 Å². The van der Waals surface area contributed by atoms with Crippen LogP contribution in [0.1, 0.15) is 27.9 Å². The lowest BCUT2D eigenvalue weighted by Gasteiger charge is -2.39. The summed E-state index contributed by atoms with van der Waals surface area (Å²) in [5.41, 5.74) is 2.31. The summed E-state index contributed by atoms with van der Waals surface area (Å²) in [4.78, 5) is 36.6. The number of aromatic nitrogens is 1. The van der Waals surface area contributed by atoms with Gasteiger partial charge in [-0.25, -0.2) is 9.78 Å². The second kappa shape index (κ2) is 11.6. The van der Waals surface area contributed by atoms with Gasteiger partial charge < -0.3 is 14.3 Å². The molecule has 2 atom stereocenters. The molecule has 1 amide bonds. The maximum Gasteiger partial charge on any atom is 0.551 e. The van der Waals surface area contributed by atoms with Crippen molar-refractivity contribution in [3.8, 4) is 11.5 Å². The molecule has 1 aliphatic rings.